The van der Waals surface area contributed by atoms with Gasteiger partial charge in [-0.15, -0.1) is 0 Å². The summed E-state index contributed by atoms with van der Waals surface area (Å²) in [5.74, 6) is -4.84. The maximum absolute atomic E-state index is 12.8. The Morgan fingerprint density at radius 3 is 1.90 bits per heavy atom. The fourth-order valence-corrected chi connectivity index (χ4v) is 4.16. The highest BCUT2D eigenvalue weighted by molar-refractivity contribution is 7.91. The molecule has 0 saturated heterocycles. The van der Waals surface area contributed by atoms with E-state index in [0.29, 0.717) is 19.4 Å². The Morgan fingerprint density at radius 1 is 0.793 bits per heavy atom. The monoisotopic (exact) mass is 443 g/mol. The smallest absolute Gasteiger partial charge is 0.453 e. The van der Waals surface area contributed by atoms with Gasteiger partial charge in [0.25, 0.3) is 0 Å². The summed E-state index contributed by atoms with van der Waals surface area (Å²) < 4.78 is 90.7. The number of hydrogen-bond acceptors (Lipinski definition) is 3. The van der Waals surface area contributed by atoms with Crippen LogP contribution in [0, 0.1) is 6.07 Å². The Kier molecular flexibility index (Phi) is 10.9. The molecule has 1 rings (SSSR count). The van der Waals surface area contributed by atoms with Crippen LogP contribution in [-0.4, -0.2) is 38.6 Å². The number of benzene rings is 1. The van der Waals surface area contributed by atoms with Gasteiger partial charge in [-0.05, 0) is 37.5 Å². The van der Waals surface area contributed by atoms with Crippen LogP contribution in [-0.2, 0) is 9.84 Å². The summed E-state index contributed by atoms with van der Waals surface area (Å²) in [7, 11) is -3.60. The normalized spacial score (nSPS) is 12.9. The van der Waals surface area contributed by atoms with Crippen molar-refractivity contribution in [3.8, 4) is 5.75 Å². The molecule has 167 valence electrons. The van der Waals surface area contributed by atoms with Gasteiger partial charge in [-0.25, -0.2) is 8.42 Å². The van der Waals surface area contributed by atoms with Crippen molar-refractivity contribution in [1.29, 1.82) is 0 Å². The first-order valence-electron chi connectivity index (χ1n) is 9.77. The molecule has 0 amide bonds. The molecule has 29 heavy (non-hydrogen) atoms. The molecule has 0 N–H and O–H groups in total. The average Bonchev–Trinajstić information content (AvgIpc) is 2.63. The quantitative estimate of drug-likeness (QED) is 0.247. The summed E-state index contributed by atoms with van der Waals surface area (Å²) in [5.41, 5.74) is 0. The fraction of sp³-hybridized carbons (Fsp3) is 0.700. The van der Waals surface area contributed by atoms with Gasteiger partial charge in [0.15, 0.2) is 0 Å². The molecule has 0 atom stereocenters. The second kappa shape index (κ2) is 12.3. The number of halogens is 5. The minimum atomic E-state index is -5.64. The van der Waals surface area contributed by atoms with Crippen LogP contribution in [0.15, 0.2) is 24.3 Å². The Hall–Kier alpha value is -1.38. The molecule has 0 heterocycles. The van der Waals surface area contributed by atoms with Gasteiger partial charge in [-0.2, -0.15) is 22.0 Å². The molecule has 0 bridgehead atoms. The Labute approximate surface area is 169 Å². The predicted octanol–water partition coefficient (Wildman–Crippen LogP) is 5.99. The number of ether oxygens (including phenoxy) is 1. The lowest BCUT2D eigenvalue weighted by molar-refractivity contribution is -0.284. The summed E-state index contributed by atoms with van der Waals surface area (Å²) >= 11 is 0. The van der Waals surface area contributed by atoms with Gasteiger partial charge < -0.3 is 4.74 Å². The van der Waals surface area contributed by atoms with Gasteiger partial charge in [0.2, 0.25) is 0 Å². The lowest BCUT2D eigenvalue weighted by Crippen LogP contribution is -2.36. The Balaban J connectivity index is 2.00. The third kappa shape index (κ3) is 11.4. The molecule has 0 unspecified atom stereocenters. The van der Waals surface area contributed by atoms with Crippen LogP contribution in [0.25, 0.3) is 0 Å². The minimum absolute atomic E-state index is 0.174. The zero-order valence-electron chi connectivity index (χ0n) is 16.3. The van der Waals surface area contributed by atoms with Crippen LogP contribution >= 0.6 is 0 Å². The molecular formula is C20H28F5O3S. The van der Waals surface area contributed by atoms with Crippen molar-refractivity contribution in [3.05, 3.63) is 30.3 Å². The zero-order chi connectivity index (χ0) is 21.8. The Morgan fingerprint density at radius 2 is 1.31 bits per heavy atom. The number of rotatable bonds is 15. The van der Waals surface area contributed by atoms with Crippen molar-refractivity contribution in [2.45, 2.75) is 69.9 Å². The highest BCUT2D eigenvalue weighted by Crippen LogP contribution is 2.38. The van der Waals surface area contributed by atoms with E-state index in [1.165, 1.54) is 0 Å². The standard InChI is InChI=1S/C20H28F5O3S/c21-19(22,20(23,24)25)14-11-17-29(26,27)16-10-5-3-1-2-4-9-15-28-18-12-7-6-8-13-18/h7-8,12-13H,1-5,9-11,14-17H2. The van der Waals surface area contributed by atoms with Gasteiger partial charge >= 0.3 is 12.1 Å². The molecule has 0 aliphatic rings. The lowest BCUT2D eigenvalue weighted by atomic mass is 10.1. The molecule has 3 nitrogen and oxygen atoms in total. The number of alkyl halides is 5. The van der Waals surface area contributed by atoms with Gasteiger partial charge in [-0.3, -0.25) is 0 Å². The van der Waals surface area contributed by atoms with Crippen molar-refractivity contribution in [2.24, 2.45) is 0 Å². The van der Waals surface area contributed by atoms with Crippen molar-refractivity contribution in [1.82, 2.24) is 0 Å². The first-order chi connectivity index (χ1) is 13.5. The first kappa shape index (κ1) is 25.7. The third-order valence-electron chi connectivity index (χ3n) is 4.42. The highest BCUT2D eigenvalue weighted by atomic mass is 32.2. The molecule has 1 aromatic carbocycles. The van der Waals surface area contributed by atoms with E-state index in [4.69, 9.17) is 4.74 Å². The van der Waals surface area contributed by atoms with E-state index in [0.717, 1.165) is 37.9 Å². The van der Waals surface area contributed by atoms with Crippen LogP contribution in [0.2, 0.25) is 0 Å². The molecule has 0 aliphatic carbocycles. The highest BCUT2D eigenvalue weighted by Gasteiger charge is 2.56. The van der Waals surface area contributed by atoms with E-state index >= 15 is 0 Å². The van der Waals surface area contributed by atoms with Crippen molar-refractivity contribution in [3.63, 3.8) is 0 Å². The third-order valence-corrected chi connectivity index (χ3v) is 6.24. The van der Waals surface area contributed by atoms with Gasteiger partial charge in [0.05, 0.1) is 18.1 Å². The second-order valence-corrected chi connectivity index (χ2v) is 9.32. The summed E-state index contributed by atoms with van der Waals surface area (Å²) in [5, 5.41) is 0. The lowest BCUT2D eigenvalue weighted by Gasteiger charge is -2.19. The predicted molar refractivity (Wildman–Crippen MR) is 102 cm³/mol. The van der Waals surface area contributed by atoms with Crippen LogP contribution in [0.3, 0.4) is 0 Å². The summed E-state index contributed by atoms with van der Waals surface area (Å²) in [6.07, 6.45) is -1.99. The molecule has 1 aromatic rings. The van der Waals surface area contributed by atoms with Crippen molar-refractivity contribution < 1.29 is 35.1 Å². The van der Waals surface area contributed by atoms with E-state index in [1.807, 2.05) is 12.1 Å². The molecule has 1 radical (unpaired) electrons. The summed E-state index contributed by atoms with van der Waals surface area (Å²) in [6, 6.07) is 10.2. The minimum Gasteiger partial charge on any atom is -0.494 e. The summed E-state index contributed by atoms with van der Waals surface area (Å²) in [6.45, 7) is 0.635. The van der Waals surface area contributed by atoms with Gasteiger partial charge in [0.1, 0.15) is 15.6 Å². The van der Waals surface area contributed by atoms with Crippen molar-refractivity contribution in [2.75, 3.05) is 18.1 Å². The molecule has 0 saturated carbocycles. The number of sulfone groups is 1. The maximum Gasteiger partial charge on any atom is 0.453 e. The maximum atomic E-state index is 12.8. The van der Waals surface area contributed by atoms with Gasteiger partial charge in [0, 0.05) is 6.42 Å². The first-order valence-corrected chi connectivity index (χ1v) is 11.6. The van der Waals surface area contributed by atoms with E-state index in [-0.39, 0.29) is 5.75 Å². The topological polar surface area (TPSA) is 43.4 Å². The second-order valence-electron chi connectivity index (χ2n) is 7.02. The molecular weight excluding hydrogens is 415 g/mol. The van der Waals surface area contributed by atoms with E-state index in [1.54, 1.807) is 12.1 Å². The van der Waals surface area contributed by atoms with Crippen LogP contribution in [0.1, 0.15) is 57.8 Å². The van der Waals surface area contributed by atoms with Gasteiger partial charge in [-0.1, -0.05) is 44.2 Å². The molecule has 0 aliphatic heterocycles. The van der Waals surface area contributed by atoms with Crippen LogP contribution < -0.4 is 4.74 Å². The van der Waals surface area contributed by atoms with Crippen LogP contribution in [0.5, 0.6) is 5.75 Å². The summed E-state index contributed by atoms with van der Waals surface area (Å²) in [4.78, 5) is 0. The molecule has 0 aromatic heterocycles. The van der Waals surface area contributed by atoms with E-state index in [9.17, 15) is 30.4 Å². The van der Waals surface area contributed by atoms with E-state index in [2.05, 4.69) is 6.07 Å². The SMILES string of the molecule is O=S(=O)(CCCCCCCCCOc1cc[c]cc1)CCCC(F)(F)C(F)(F)F. The largest absolute Gasteiger partial charge is 0.494 e. The molecule has 0 spiro atoms. The fourth-order valence-electron chi connectivity index (χ4n) is 2.72. The van der Waals surface area contributed by atoms with Crippen molar-refractivity contribution >= 4 is 9.84 Å². The molecule has 0 fully saturated rings. The average molecular weight is 443 g/mol. The zero-order valence-corrected chi connectivity index (χ0v) is 17.1. The molecule has 9 heteroatoms. The van der Waals surface area contributed by atoms with E-state index < -0.39 is 40.5 Å². The number of unbranched alkanes of at least 4 members (excludes halogenated alkanes) is 6. The van der Waals surface area contributed by atoms with Crippen LogP contribution in [0.4, 0.5) is 22.0 Å². The Bertz CT molecular complexity index is 660. The number of hydrogen-bond donors (Lipinski definition) is 0.